The highest BCUT2D eigenvalue weighted by Gasteiger charge is 2.13. The molecule has 0 bridgehead atoms. The van der Waals surface area contributed by atoms with Crippen LogP contribution in [0.5, 0.6) is 0 Å². The summed E-state index contributed by atoms with van der Waals surface area (Å²) in [5.41, 5.74) is 0. The second kappa shape index (κ2) is 17.3. The van der Waals surface area contributed by atoms with Crippen molar-refractivity contribution in [1.29, 1.82) is 0 Å². The van der Waals surface area contributed by atoms with E-state index in [0.717, 1.165) is 13.1 Å². The zero-order valence-corrected chi connectivity index (χ0v) is 18.0. The number of rotatable bonds is 19. The lowest BCUT2D eigenvalue weighted by atomic mass is 10.2. The van der Waals surface area contributed by atoms with Crippen LogP contribution in [0.1, 0.15) is 20.3 Å². The van der Waals surface area contributed by atoms with Gasteiger partial charge in [-0.2, -0.15) is 0 Å². The van der Waals surface area contributed by atoms with Gasteiger partial charge >= 0.3 is 7.60 Å². The van der Waals surface area contributed by atoms with Crippen LogP contribution in [-0.4, -0.2) is 94.7 Å². The first kappa shape index (κ1) is 27.4. The van der Waals surface area contributed by atoms with Gasteiger partial charge in [0.25, 0.3) is 0 Å². The number of nitrogens with one attached hydrogen (secondary N) is 1. The maximum atomic E-state index is 11.3. The van der Waals surface area contributed by atoms with Gasteiger partial charge in [-0.05, 0) is 6.42 Å². The van der Waals surface area contributed by atoms with Crippen LogP contribution in [0.2, 0.25) is 0 Å². The van der Waals surface area contributed by atoms with Crippen molar-refractivity contribution in [2.45, 2.75) is 26.4 Å². The van der Waals surface area contributed by atoms with Crippen LogP contribution in [0.15, 0.2) is 0 Å². The first-order chi connectivity index (χ1) is 13.2. The zero-order chi connectivity index (χ0) is 21.3. The molecule has 0 saturated carbocycles. The van der Waals surface area contributed by atoms with Gasteiger partial charge in [-0.15, -0.1) is 0 Å². The predicted octanol–water partition coefficient (Wildman–Crippen LogP) is 0.408. The topological polar surface area (TPSA) is 133 Å². The highest BCUT2D eigenvalue weighted by atomic mass is 31.2. The Kier molecular flexibility index (Phi) is 16.9. The molecule has 0 aromatic rings. The standard InChI is InChI=1S/C17H36NO9P/c1-15(2)17(20)18-5-4-6-23-7-8-24-9-10-25-11-12-26-13-16(19)14-27-28(3,21)22/h15-16,19H,4-14H2,1-3H3,(H,18,20)(H,21,22). The maximum absolute atomic E-state index is 11.3. The van der Waals surface area contributed by atoms with Gasteiger partial charge < -0.3 is 38.8 Å². The highest BCUT2D eigenvalue weighted by molar-refractivity contribution is 7.51. The van der Waals surface area contributed by atoms with Crippen molar-refractivity contribution in [2.75, 3.05) is 72.7 Å². The molecular weight excluding hydrogens is 393 g/mol. The lowest BCUT2D eigenvalue weighted by Crippen LogP contribution is -2.29. The summed E-state index contributed by atoms with van der Waals surface area (Å²) < 4.78 is 36.7. The second-order valence-electron chi connectivity index (χ2n) is 6.46. The highest BCUT2D eigenvalue weighted by Crippen LogP contribution is 2.36. The first-order valence-corrected chi connectivity index (χ1v) is 11.5. The quantitative estimate of drug-likeness (QED) is 0.197. The Morgan fingerprint density at radius 2 is 1.43 bits per heavy atom. The van der Waals surface area contributed by atoms with E-state index in [-0.39, 0.29) is 31.6 Å². The van der Waals surface area contributed by atoms with Crippen molar-refractivity contribution < 1.29 is 42.8 Å². The van der Waals surface area contributed by atoms with Crippen molar-refractivity contribution in [3.63, 3.8) is 0 Å². The van der Waals surface area contributed by atoms with Crippen molar-refractivity contribution in [3.8, 4) is 0 Å². The second-order valence-corrected chi connectivity index (χ2v) is 8.33. The molecule has 0 saturated heterocycles. The summed E-state index contributed by atoms with van der Waals surface area (Å²) in [7, 11) is -3.58. The fourth-order valence-corrected chi connectivity index (χ4v) is 2.19. The Morgan fingerprint density at radius 1 is 0.929 bits per heavy atom. The number of hydrogen-bond donors (Lipinski definition) is 3. The summed E-state index contributed by atoms with van der Waals surface area (Å²) in [4.78, 5) is 20.2. The third-order valence-corrected chi connectivity index (χ3v) is 3.85. The van der Waals surface area contributed by atoms with Crippen molar-refractivity contribution in [2.24, 2.45) is 5.92 Å². The number of amides is 1. The molecule has 11 heteroatoms. The molecular formula is C17H36NO9P. The molecule has 0 radical (unpaired) electrons. The fourth-order valence-electron chi connectivity index (χ4n) is 1.74. The molecule has 2 atom stereocenters. The largest absolute Gasteiger partial charge is 0.388 e. The van der Waals surface area contributed by atoms with Gasteiger partial charge in [0.1, 0.15) is 6.10 Å². The minimum atomic E-state index is -3.58. The summed E-state index contributed by atoms with van der Waals surface area (Å²) >= 11 is 0. The van der Waals surface area contributed by atoms with Crippen LogP contribution in [0.25, 0.3) is 0 Å². The molecule has 0 heterocycles. The SMILES string of the molecule is CC(C)C(=O)NCCCOCCOCCOCCOCC(O)COP(C)(=O)O. The maximum Gasteiger partial charge on any atom is 0.325 e. The molecule has 0 aliphatic carbocycles. The lowest BCUT2D eigenvalue weighted by Gasteiger charge is -2.13. The minimum Gasteiger partial charge on any atom is -0.388 e. The summed E-state index contributed by atoms with van der Waals surface area (Å²) in [6.07, 6.45) is -0.199. The van der Waals surface area contributed by atoms with Gasteiger partial charge in [-0.3, -0.25) is 9.36 Å². The number of hydrogen-bond acceptors (Lipinski definition) is 8. The smallest absolute Gasteiger partial charge is 0.325 e. The molecule has 28 heavy (non-hydrogen) atoms. The summed E-state index contributed by atoms with van der Waals surface area (Å²) in [5, 5.41) is 12.3. The number of aliphatic hydroxyl groups is 1. The van der Waals surface area contributed by atoms with E-state index < -0.39 is 13.7 Å². The number of carbonyl (C=O) groups is 1. The molecule has 0 aromatic carbocycles. The van der Waals surface area contributed by atoms with Crippen LogP contribution in [0.4, 0.5) is 0 Å². The van der Waals surface area contributed by atoms with E-state index in [4.69, 9.17) is 23.8 Å². The van der Waals surface area contributed by atoms with Crippen LogP contribution in [-0.2, 0) is 32.8 Å². The van der Waals surface area contributed by atoms with Crippen molar-refractivity contribution in [1.82, 2.24) is 5.32 Å². The van der Waals surface area contributed by atoms with Gasteiger partial charge in [-0.1, -0.05) is 13.8 Å². The summed E-state index contributed by atoms with van der Waals surface area (Å²) in [6.45, 7) is 8.13. The van der Waals surface area contributed by atoms with E-state index in [1.165, 1.54) is 0 Å². The minimum absolute atomic E-state index is 0.00117. The molecule has 0 rings (SSSR count). The summed E-state index contributed by atoms with van der Waals surface area (Å²) in [5.74, 6) is 0.0485. The molecule has 3 N–H and O–H groups in total. The third kappa shape index (κ3) is 20.2. The van der Waals surface area contributed by atoms with E-state index in [0.29, 0.717) is 46.2 Å². The number of aliphatic hydroxyl groups excluding tert-OH is 1. The molecule has 0 spiro atoms. The van der Waals surface area contributed by atoms with E-state index >= 15 is 0 Å². The predicted molar refractivity (Wildman–Crippen MR) is 103 cm³/mol. The monoisotopic (exact) mass is 429 g/mol. The van der Waals surface area contributed by atoms with E-state index in [1.54, 1.807) is 0 Å². The molecule has 168 valence electrons. The van der Waals surface area contributed by atoms with Gasteiger partial charge in [0.05, 0.1) is 52.9 Å². The van der Waals surface area contributed by atoms with Gasteiger partial charge in [0.15, 0.2) is 0 Å². The first-order valence-electron chi connectivity index (χ1n) is 9.44. The normalized spacial score (nSPS) is 14.8. The van der Waals surface area contributed by atoms with E-state index in [9.17, 15) is 14.5 Å². The Balaban J connectivity index is 3.22. The Hall–Kier alpha value is -0.580. The third-order valence-electron chi connectivity index (χ3n) is 3.22. The van der Waals surface area contributed by atoms with Crippen molar-refractivity contribution >= 4 is 13.5 Å². The Labute approximate surface area is 167 Å². The molecule has 1 amide bonds. The Bertz CT molecular complexity index is 431. The van der Waals surface area contributed by atoms with Crippen molar-refractivity contribution in [3.05, 3.63) is 0 Å². The zero-order valence-electron chi connectivity index (χ0n) is 17.1. The van der Waals surface area contributed by atoms with Crippen LogP contribution < -0.4 is 5.32 Å². The number of ether oxygens (including phenoxy) is 4. The average molecular weight is 429 g/mol. The van der Waals surface area contributed by atoms with Crippen LogP contribution >= 0.6 is 7.60 Å². The van der Waals surface area contributed by atoms with Gasteiger partial charge in [-0.25, -0.2) is 0 Å². The molecule has 0 fully saturated rings. The van der Waals surface area contributed by atoms with Crippen LogP contribution in [0.3, 0.4) is 0 Å². The molecule has 0 aliphatic rings. The van der Waals surface area contributed by atoms with Crippen LogP contribution in [0, 0.1) is 5.92 Å². The molecule has 10 nitrogen and oxygen atoms in total. The fraction of sp³-hybridized carbons (Fsp3) is 0.941. The van der Waals surface area contributed by atoms with Gasteiger partial charge in [0, 0.05) is 25.7 Å². The van der Waals surface area contributed by atoms with E-state index in [2.05, 4.69) is 9.84 Å². The summed E-state index contributed by atoms with van der Waals surface area (Å²) in [6, 6.07) is 0. The lowest BCUT2D eigenvalue weighted by molar-refractivity contribution is -0.124. The number of carbonyl (C=O) groups excluding carboxylic acids is 1. The average Bonchev–Trinajstić information content (AvgIpc) is 2.62. The Morgan fingerprint density at radius 3 is 1.93 bits per heavy atom. The van der Waals surface area contributed by atoms with Gasteiger partial charge in [0.2, 0.25) is 5.91 Å². The molecule has 0 aliphatic heterocycles. The van der Waals surface area contributed by atoms with E-state index in [1.807, 2.05) is 13.8 Å². The molecule has 2 unspecified atom stereocenters. The molecule has 0 aromatic heterocycles.